The van der Waals surface area contributed by atoms with E-state index in [1.165, 1.54) is 0 Å². The highest BCUT2D eigenvalue weighted by atomic mass is 16.5. The van der Waals surface area contributed by atoms with Gasteiger partial charge >= 0.3 is 0 Å². The third-order valence-corrected chi connectivity index (χ3v) is 1.94. The lowest BCUT2D eigenvalue weighted by atomic mass is 10.2. The van der Waals surface area contributed by atoms with Gasteiger partial charge in [0, 0.05) is 19.5 Å². The first kappa shape index (κ1) is 5.45. The predicted molar refractivity (Wildman–Crippen MR) is 35.1 cm³/mol. The third kappa shape index (κ3) is 0.884. The molecule has 1 fully saturated rings. The van der Waals surface area contributed by atoms with E-state index in [4.69, 9.17) is 4.74 Å². The summed E-state index contributed by atoms with van der Waals surface area (Å²) in [6.45, 7) is 3.13. The molecule has 0 aromatic heterocycles. The molecule has 2 heteroatoms. The van der Waals surface area contributed by atoms with Gasteiger partial charge in [-0.2, -0.15) is 0 Å². The first-order chi connectivity index (χ1) is 4.47. The van der Waals surface area contributed by atoms with Gasteiger partial charge in [0.05, 0.1) is 6.61 Å². The van der Waals surface area contributed by atoms with Gasteiger partial charge in [-0.1, -0.05) is 12.2 Å². The van der Waals surface area contributed by atoms with Crippen molar-refractivity contribution in [1.29, 1.82) is 0 Å². The molecule has 0 radical (unpaired) electrons. The van der Waals surface area contributed by atoms with Crippen molar-refractivity contribution in [3.63, 3.8) is 0 Å². The molecule has 0 aliphatic carbocycles. The van der Waals surface area contributed by atoms with E-state index in [1.807, 2.05) is 0 Å². The molecule has 1 unspecified atom stereocenters. The summed E-state index contributed by atoms with van der Waals surface area (Å²) in [5, 5.41) is 0. The lowest BCUT2D eigenvalue weighted by Crippen LogP contribution is -2.32. The maximum absolute atomic E-state index is 5.43. The van der Waals surface area contributed by atoms with Crippen LogP contribution in [0.3, 0.4) is 0 Å². The van der Waals surface area contributed by atoms with Gasteiger partial charge in [-0.3, -0.25) is 4.90 Å². The van der Waals surface area contributed by atoms with Gasteiger partial charge in [0.2, 0.25) is 0 Å². The summed E-state index contributed by atoms with van der Waals surface area (Å²) < 4.78 is 5.43. The fourth-order valence-electron chi connectivity index (χ4n) is 1.40. The second-order valence-electron chi connectivity index (χ2n) is 2.53. The van der Waals surface area contributed by atoms with E-state index in [1.54, 1.807) is 0 Å². The van der Waals surface area contributed by atoms with E-state index >= 15 is 0 Å². The van der Waals surface area contributed by atoms with Crippen LogP contribution in [0.25, 0.3) is 0 Å². The molecular weight excluding hydrogens is 114 g/mol. The van der Waals surface area contributed by atoms with Crippen LogP contribution in [-0.2, 0) is 4.74 Å². The monoisotopic (exact) mass is 125 g/mol. The van der Waals surface area contributed by atoms with Gasteiger partial charge in [-0.05, 0) is 0 Å². The normalized spacial score (nSPS) is 34.9. The largest absolute Gasteiger partial charge is 0.361 e. The molecule has 0 amide bonds. The van der Waals surface area contributed by atoms with Crippen LogP contribution in [0.15, 0.2) is 12.2 Å². The topological polar surface area (TPSA) is 12.5 Å². The molecule has 2 aliphatic rings. The van der Waals surface area contributed by atoms with Crippen LogP contribution in [0.1, 0.15) is 6.42 Å². The lowest BCUT2D eigenvalue weighted by molar-refractivity contribution is 0.0377. The molecule has 2 rings (SSSR count). The maximum atomic E-state index is 5.43. The second kappa shape index (κ2) is 2.12. The zero-order valence-corrected chi connectivity index (χ0v) is 5.42. The lowest BCUT2D eigenvalue weighted by Gasteiger charge is -2.23. The number of rotatable bonds is 0. The predicted octanol–water partition coefficient (Wildman–Crippen LogP) is 0.605. The van der Waals surface area contributed by atoms with E-state index in [2.05, 4.69) is 17.1 Å². The number of hydrogen-bond donors (Lipinski definition) is 0. The first-order valence-electron chi connectivity index (χ1n) is 3.47. The Bertz CT molecular complexity index is 119. The summed E-state index contributed by atoms with van der Waals surface area (Å²) in [5.41, 5.74) is 0. The van der Waals surface area contributed by atoms with Crippen molar-refractivity contribution in [3.05, 3.63) is 12.2 Å². The highest BCUT2D eigenvalue weighted by molar-refractivity contribution is 4.94. The number of fused-ring (bicyclic) bond motifs is 1. The summed E-state index contributed by atoms with van der Waals surface area (Å²) in [6, 6.07) is 0. The van der Waals surface area contributed by atoms with Gasteiger partial charge in [-0.15, -0.1) is 0 Å². The van der Waals surface area contributed by atoms with Gasteiger partial charge in [0.15, 0.2) is 0 Å². The maximum Gasteiger partial charge on any atom is 0.114 e. The van der Waals surface area contributed by atoms with Gasteiger partial charge in [0.1, 0.15) is 6.23 Å². The highest BCUT2D eigenvalue weighted by Crippen LogP contribution is 2.16. The van der Waals surface area contributed by atoms with Gasteiger partial charge in [-0.25, -0.2) is 0 Å². The Morgan fingerprint density at radius 1 is 1.44 bits per heavy atom. The Morgan fingerprint density at radius 2 is 2.44 bits per heavy atom. The smallest absolute Gasteiger partial charge is 0.114 e. The van der Waals surface area contributed by atoms with Crippen LogP contribution in [0.5, 0.6) is 0 Å². The molecule has 1 atom stereocenters. The van der Waals surface area contributed by atoms with Crippen LogP contribution in [-0.4, -0.2) is 30.8 Å². The van der Waals surface area contributed by atoms with Crippen molar-refractivity contribution in [1.82, 2.24) is 4.90 Å². The van der Waals surface area contributed by atoms with E-state index in [0.717, 1.165) is 26.1 Å². The van der Waals surface area contributed by atoms with E-state index in [9.17, 15) is 0 Å². The zero-order valence-electron chi connectivity index (χ0n) is 5.42. The number of ether oxygens (including phenoxy) is 1. The second-order valence-corrected chi connectivity index (χ2v) is 2.53. The summed E-state index contributed by atoms with van der Waals surface area (Å²) in [4.78, 5) is 2.36. The van der Waals surface area contributed by atoms with Crippen molar-refractivity contribution in [2.24, 2.45) is 0 Å². The SMILES string of the molecule is C1=CCN2CCOC2C1. The van der Waals surface area contributed by atoms with Crippen LogP contribution in [0.2, 0.25) is 0 Å². The van der Waals surface area contributed by atoms with E-state index in [-0.39, 0.29) is 0 Å². The van der Waals surface area contributed by atoms with Crippen molar-refractivity contribution < 1.29 is 4.74 Å². The molecule has 0 saturated carbocycles. The summed E-state index contributed by atoms with van der Waals surface area (Å²) in [7, 11) is 0. The van der Waals surface area contributed by atoms with Crippen molar-refractivity contribution in [3.8, 4) is 0 Å². The molecular formula is C7H11NO. The minimum atomic E-state index is 0.412. The van der Waals surface area contributed by atoms with Gasteiger partial charge in [0.25, 0.3) is 0 Å². The summed E-state index contributed by atoms with van der Waals surface area (Å²) in [6.07, 6.45) is 5.91. The Labute approximate surface area is 55.1 Å². The molecule has 0 aromatic carbocycles. The standard InChI is InChI=1S/C7H11NO/c1-2-4-8-5-6-9-7(8)3-1/h1-2,7H,3-6H2. The fourth-order valence-corrected chi connectivity index (χ4v) is 1.40. The molecule has 0 aromatic rings. The van der Waals surface area contributed by atoms with Crippen molar-refractivity contribution in [2.75, 3.05) is 19.7 Å². The number of hydrogen-bond acceptors (Lipinski definition) is 2. The molecule has 0 bridgehead atoms. The summed E-state index contributed by atoms with van der Waals surface area (Å²) >= 11 is 0. The van der Waals surface area contributed by atoms with E-state index in [0.29, 0.717) is 6.23 Å². The molecule has 0 spiro atoms. The van der Waals surface area contributed by atoms with Crippen LogP contribution in [0, 0.1) is 0 Å². The first-order valence-corrected chi connectivity index (χ1v) is 3.47. The number of nitrogens with zero attached hydrogens (tertiary/aromatic N) is 1. The Balaban J connectivity index is 2.07. The zero-order chi connectivity index (χ0) is 6.10. The fraction of sp³-hybridized carbons (Fsp3) is 0.714. The van der Waals surface area contributed by atoms with Crippen molar-refractivity contribution in [2.45, 2.75) is 12.6 Å². The third-order valence-electron chi connectivity index (χ3n) is 1.94. The Hall–Kier alpha value is -0.340. The minimum absolute atomic E-state index is 0.412. The molecule has 9 heavy (non-hydrogen) atoms. The van der Waals surface area contributed by atoms with Crippen LogP contribution < -0.4 is 0 Å². The highest BCUT2D eigenvalue weighted by Gasteiger charge is 2.24. The molecule has 2 heterocycles. The van der Waals surface area contributed by atoms with Crippen LogP contribution >= 0.6 is 0 Å². The Morgan fingerprint density at radius 3 is 3.33 bits per heavy atom. The molecule has 2 aliphatic heterocycles. The molecule has 2 nitrogen and oxygen atoms in total. The van der Waals surface area contributed by atoms with E-state index < -0.39 is 0 Å². The van der Waals surface area contributed by atoms with Crippen LogP contribution in [0.4, 0.5) is 0 Å². The van der Waals surface area contributed by atoms with Crippen molar-refractivity contribution >= 4 is 0 Å². The minimum Gasteiger partial charge on any atom is -0.361 e. The summed E-state index contributed by atoms with van der Waals surface area (Å²) in [5.74, 6) is 0. The Kier molecular flexibility index (Phi) is 1.28. The quantitative estimate of drug-likeness (QED) is 0.440. The molecule has 1 saturated heterocycles. The molecule has 50 valence electrons. The van der Waals surface area contributed by atoms with Gasteiger partial charge < -0.3 is 4.74 Å². The molecule has 0 N–H and O–H groups in total. The average molecular weight is 125 g/mol. The average Bonchev–Trinajstić information content (AvgIpc) is 2.33.